The summed E-state index contributed by atoms with van der Waals surface area (Å²) in [5.41, 5.74) is -1.04. The third-order valence-corrected chi connectivity index (χ3v) is 1.08. The number of benzene rings is 1. The van der Waals surface area contributed by atoms with E-state index < -0.39 is 52.4 Å². The molecule has 0 unspecified atom stereocenters. The highest BCUT2D eigenvalue weighted by Crippen LogP contribution is 2.05. The van der Waals surface area contributed by atoms with Crippen LogP contribution in [0.4, 0.5) is 0 Å². The molecule has 1 aromatic carbocycles. The second kappa shape index (κ2) is 3.67. The first-order valence-corrected chi connectivity index (χ1v) is 3.09. The minimum Gasteiger partial charge on any atom is -0.259 e. The summed E-state index contributed by atoms with van der Waals surface area (Å²) in [7, 11) is 0. The summed E-state index contributed by atoms with van der Waals surface area (Å²) < 4.78 is 44.8. The van der Waals surface area contributed by atoms with E-state index in [1.807, 2.05) is 0 Å². The highest BCUT2D eigenvalue weighted by Gasteiger charge is 2.00. The smallest absolute Gasteiger partial charge is 0.243 e. The number of hydrogen-bond donors (Lipinski definition) is 0. The predicted molar refractivity (Wildman–Crippen MR) is 47.1 cm³/mol. The molecule has 0 radical (unpaired) electrons. The summed E-state index contributed by atoms with van der Waals surface area (Å²) in [6.07, 6.45) is 0. The summed E-state index contributed by atoms with van der Waals surface area (Å²) in [5.74, 6) is 0. The number of allylic oxidation sites excluding steroid dienone is 1. The van der Waals surface area contributed by atoms with Crippen LogP contribution in [-0.4, -0.2) is 4.92 Å². The van der Waals surface area contributed by atoms with E-state index in [2.05, 4.69) is 0 Å². The Labute approximate surface area is 78.9 Å². The molecule has 12 heavy (non-hydrogen) atoms. The van der Waals surface area contributed by atoms with Crippen molar-refractivity contribution in [3.63, 3.8) is 0 Å². The van der Waals surface area contributed by atoms with Crippen molar-refractivity contribution in [2.24, 2.45) is 0 Å². The van der Waals surface area contributed by atoms with Gasteiger partial charge >= 0.3 is 0 Å². The van der Waals surface area contributed by atoms with Gasteiger partial charge in [0.25, 0.3) is 0 Å². The fourth-order valence-electron chi connectivity index (χ4n) is 0.539. The molecule has 62 valence electrons. The topological polar surface area (TPSA) is 43.1 Å². The van der Waals surface area contributed by atoms with Crippen molar-refractivity contribution in [1.29, 1.82) is 0 Å². The van der Waals surface area contributed by atoms with Gasteiger partial charge in [-0.1, -0.05) is 30.2 Å². The van der Waals surface area contributed by atoms with Crippen molar-refractivity contribution in [3.05, 3.63) is 51.6 Å². The Hall–Kier alpha value is -1.64. The lowest BCUT2D eigenvalue weighted by molar-refractivity contribution is -0.422. The molecule has 3 heteroatoms. The molecule has 0 fully saturated rings. The SMILES string of the molecule is [2H]/C(=C(/C)[N+](=O)[O-])c1c([2H])c([2H])c([2H])c([2H])c1[2H]. The van der Waals surface area contributed by atoms with Gasteiger partial charge in [-0.15, -0.1) is 0 Å². The van der Waals surface area contributed by atoms with Gasteiger partial charge in [0, 0.05) is 13.0 Å². The van der Waals surface area contributed by atoms with Crippen LogP contribution in [0, 0.1) is 10.1 Å². The van der Waals surface area contributed by atoms with Gasteiger partial charge < -0.3 is 0 Å². The zero-order chi connectivity index (χ0) is 14.2. The van der Waals surface area contributed by atoms with E-state index in [4.69, 9.17) is 8.22 Å². The number of hydrogen-bond acceptors (Lipinski definition) is 2. The maximum absolute atomic E-state index is 10.5. The molecule has 0 bridgehead atoms. The maximum atomic E-state index is 10.5. The van der Waals surface area contributed by atoms with Crippen LogP contribution >= 0.6 is 0 Å². The molecule has 0 atom stereocenters. The van der Waals surface area contributed by atoms with E-state index in [-0.39, 0.29) is 0 Å². The largest absolute Gasteiger partial charge is 0.259 e. The van der Waals surface area contributed by atoms with Crippen molar-refractivity contribution < 1.29 is 13.1 Å². The Balaban J connectivity index is 3.73. The van der Waals surface area contributed by atoms with Gasteiger partial charge in [0.05, 0.1) is 13.1 Å². The molecule has 1 aromatic rings. The van der Waals surface area contributed by atoms with Crippen molar-refractivity contribution in [2.45, 2.75) is 6.92 Å². The lowest BCUT2D eigenvalue weighted by Crippen LogP contribution is -1.92. The van der Waals surface area contributed by atoms with E-state index >= 15 is 0 Å². The highest BCUT2D eigenvalue weighted by molar-refractivity contribution is 5.49. The minimum absolute atomic E-state index is 0.463. The Bertz CT molecular complexity index is 540. The van der Waals surface area contributed by atoms with E-state index in [9.17, 15) is 10.1 Å². The first-order valence-electron chi connectivity index (χ1n) is 6.09. The van der Waals surface area contributed by atoms with Crippen molar-refractivity contribution in [2.75, 3.05) is 0 Å². The summed E-state index contributed by atoms with van der Waals surface area (Å²) in [6, 6.07) is -3.75. The molecule has 0 amide bonds. The second-order valence-corrected chi connectivity index (χ2v) is 1.97. The Morgan fingerprint density at radius 1 is 1.67 bits per heavy atom. The molecule has 0 heterocycles. The normalized spacial score (nSPS) is 19.1. The van der Waals surface area contributed by atoms with Crippen molar-refractivity contribution in [1.82, 2.24) is 0 Å². The average molecular weight is 169 g/mol. The van der Waals surface area contributed by atoms with E-state index in [0.29, 0.717) is 0 Å². The van der Waals surface area contributed by atoms with E-state index in [1.165, 1.54) is 0 Å². The quantitative estimate of drug-likeness (QED) is 0.503. The first kappa shape index (κ1) is 3.39. The van der Waals surface area contributed by atoms with Crippen LogP contribution in [0.3, 0.4) is 0 Å². The second-order valence-electron chi connectivity index (χ2n) is 1.97. The van der Waals surface area contributed by atoms with E-state index in [0.717, 1.165) is 6.92 Å². The molecule has 0 N–H and O–H groups in total. The fraction of sp³-hybridized carbons (Fsp3) is 0.111. The first-order chi connectivity index (χ1) is 8.20. The molecule has 0 aliphatic carbocycles. The Kier molecular flexibility index (Phi) is 1.04. The van der Waals surface area contributed by atoms with E-state index in [1.54, 1.807) is 0 Å². The molecule has 0 saturated heterocycles. The summed E-state index contributed by atoms with van der Waals surface area (Å²) in [4.78, 5) is 9.72. The monoisotopic (exact) mass is 169 g/mol. The molecule has 0 aliphatic heterocycles. The van der Waals surface area contributed by atoms with Gasteiger partial charge in [-0.25, -0.2) is 0 Å². The van der Waals surface area contributed by atoms with Gasteiger partial charge in [-0.2, -0.15) is 0 Å². The zero-order valence-corrected chi connectivity index (χ0v) is 6.26. The third kappa shape index (κ3) is 2.20. The molecular weight excluding hydrogens is 154 g/mol. The Morgan fingerprint density at radius 3 is 2.75 bits per heavy atom. The lowest BCUT2D eigenvalue weighted by Gasteiger charge is -1.91. The van der Waals surface area contributed by atoms with Crippen molar-refractivity contribution in [3.8, 4) is 0 Å². The van der Waals surface area contributed by atoms with Crippen LogP contribution in [0.1, 0.15) is 20.7 Å². The molecule has 3 nitrogen and oxygen atoms in total. The lowest BCUT2D eigenvalue weighted by atomic mass is 10.2. The van der Waals surface area contributed by atoms with Gasteiger partial charge in [-0.05, 0) is 5.56 Å². The van der Waals surface area contributed by atoms with Gasteiger partial charge in [0.1, 0.15) is 0 Å². The van der Waals surface area contributed by atoms with Crippen LogP contribution in [0.5, 0.6) is 0 Å². The fourth-order valence-corrected chi connectivity index (χ4v) is 0.539. The molecule has 0 spiro atoms. The standard InChI is InChI=1S/C9H9NO2/c1-8(10(11)12)7-9-5-3-2-4-6-9/h2-7H,1H3/b8-7+/i2D,3D,4D,5D,6D,7D. The van der Waals surface area contributed by atoms with Gasteiger partial charge in [-0.3, -0.25) is 10.1 Å². The number of rotatable bonds is 2. The van der Waals surface area contributed by atoms with Crippen LogP contribution in [0.25, 0.3) is 6.05 Å². The highest BCUT2D eigenvalue weighted by atomic mass is 16.6. The summed E-state index contributed by atoms with van der Waals surface area (Å²) >= 11 is 0. The maximum Gasteiger partial charge on any atom is 0.243 e. The Morgan fingerprint density at radius 2 is 2.25 bits per heavy atom. The molecular formula is C9H9NO2. The zero-order valence-electron chi connectivity index (χ0n) is 12.3. The van der Waals surface area contributed by atoms with Gasteiger partial charge in [0.2, 0.25) is 5.70 Å². The third-order valence-electron chi connectivity index (χ3n) is 1.08. The van der Waals surface area contributed by atoms with Gasteiger partial charge in [0.15, 0.2) is 0 Å². The van der Waals surface area contributed by atoms with Crippen LogP contribution in [0.2, 0.25) is 0 Å². The van der Waals surface area contributed by atoms with Crippen LogP contribution < -0.4 is 0 Å². The molecule has 0 saturated carbocycles. The van der Waals surface area contributed by atoms with Crippen LogP contribution in [-0.2, 0) is 0 Å². The summed E-state index contributed by atoms with van der Waals surface area (Å²) in [6.45, 7) is 1.04. The average Bonchev–Trinajstić information content (AvgIpc) is 2.32. The molecule has 0 aromatic heterocycles. The number of nitrogens with zero attached hydrogens (tertiary/aromatic N) is 1. The predicted octanol–water partition coefficient (Wildman–Crippen LogP) is 2.32. The minimum atomic E-state index is -0.830. The van der Waals surface area contributed by atoms with Crippen LogP contribution in [0.15, 0.2) is 35.9 Å². The summed E-state index contributed by atoms with van der Waals surface area (Å²) in [5, 5.41) is 10.5. The molecule has 0 aliphatic rings. The molecule has 1 rings (SSSR count). The number of nitro groups is 1. The van der Waals surface area contributed by atoms with Crippen molar-refractivity contribution >= 4 is 6.05 Å².